The van der Waals surface area contributed by atoms with Gasteiger partial charge in [0.15, 0.2) is 0 Å². The fourth-order valence-corrected chi connectivity index (χ4v) is 4.07. The zero-order chi connectivity index (χ0) is 17.4. The molecule has 1 N–H and O–H groups in total. The van der Waals surface area contributed by atoms with E-state index in [2.05, 4.69) is 32.0 Å². The van der Waals surface area contributed by atoms with Crippen molar-refractivity contribution in [3.8, 4) is 5.75 Å². The first kappa shape index (κ1) is 18.9. The monoisotopic (exact) mass is 359 g/mol. The molecule has 0 aliphatic rings. The summed E-state index contributed by atoms with van der Waals surface area (Å²) in [5, 5.41) is 10.2. The van der Waals surface area contributed by atoms with E-state index in [0.717, 1.165) is 41.2 Å². The van der Waals surface area contributed by atoms with Crippen molar-refractivity contribution < 1.29 is 5.11 Å². The molecule has 24 heavy (non-hydrogen) atoms. The number of benzene rings is 2. The molecule has 0 atom stereocenters. The van der Waals surface area contributed by atoms with E-state index < -0.39 is 0 Å². The predicted octanol–water partition coefficient (Wildman–Crippen LogP) is 6.46. The molecule has 0 heterocycles. The van der Waals surface area contributed by atoms with Gasteiger partial charge < -0.3 is 5.11 Å². The summed E-state index contributed by atoms with van der Waals surface area (Å²) in [6, 6.07) is 12.1. The molecule has 2 nitrogen and oxygen atoms in total. The molecule has 2 aromatic rings. The molecule has 0 bridgehead atoms. The molecule has 0 spiro atoms. The Labute approximate surface area is 153 Å². The van der Waals surface area contributed by atoms with Crippen LogP contribution in [-0.4, -0.2) is 22.8 Å². The molecular weight excluding hydrogens is 334 g/mol. The maximum absolute atomic E-state index is 10.2. The zero-order valence-electron chi connectivity index (χ0n) is 14.6. The second kappa shape index (κ2) is 9.80. The van der Waals surface area contributed by atoms with Crippen LogP contribution in [0.2, 0.25) is 0 Å². The largest absolute Gasteiger partial charge is 0.507 e. The Morgan fingerprint density at radius 3 is 2.12 bits per heavy atom. The SMILES string of the molecule is CCCSc1cccc(SCCC)c1N=Cc1cccc(C)c1O. The minimum atomic E-state index is 0.308. The molecular formula is C20H25NOS2. The van der Waals surface area contributed by atoms with Gasteiger partial charge in [0.05, 0.1) is 5.69 Å². The first-order valence-corrected chi connectivity index (χ1v) is 10.4. The van der Waals surface area contributed by atoms with Crippen molar-refractivity contribution in [1.82, 2.24) is 0 Å². The molecule has 0 aromatic heterocycles. The van der Waals surface area contributed by atoms with Gasteiger partial charge in [0, 0.05) is 21.6 Å². The molecule has 0 saturated heterocycles. The van der Waals surface area contributed by atoms with Crippen LogP contribution in [0.5, 0.6) is 5.75 Å². The van der Waals surface area contributed by atoms with E-state index >= 15 is 0 Å². The number of hydrogen-bond donors (Lipinski definition) is 1. The van der Waals surface area contributed by atoms with E-state index in [1.165, 1.54) is 9.79 Å². The van der Waals surface area contributed by atoms with Crippen LogP contribution in [0.4, 0.5) is 5.69 Å². The summed E-state index contributed by atoms with van der Waals surface area (Å²) >= 11 is 3.70. The second-order valence-electron chi connectivity index (χ2n) is 5.57. The summed E-state index contributed by atoms with van der Waals surface area (Å²) in [4.78, 5) is 7.18. The lowest BCUT2D eigenvalue weighted by Gasteiger charge is -2.10. The van der Waals surface area contributed by atoms with Crippen LogP contribution in [0.15, 0.2) is 51.2 Å². The molecule has 0 aliphatic carbocycles. The van der Waals surface area contributed by atoms with Crippen LogP contribution in [0, 0.1) is 6.92 Å². The van der Waals surface area contributed by atoms with Crippen LogP contribution >= 0.6 is 23.5 Å². The van der Waals surface area contributed by atoms with Gasteiger partial charge in [-0.05, 0) is 55.0 Å². The van der Waals surface area contributed by atoms with Crippen molar-refractivity contribution in [3.05, 3.63) is 47.5 Å². The van der Waals surface area contributed by atoms with Crippen LogP contribution in [-0.2, 0) is 0 Å². The third-order valence-corrected chi connectivity index (χ3v) is 5.99. The van der Waals surface area contributed by atoms with Crippen LogP contribution < -0.4 is 0 Å². The third-order valence-electron chi connectivity index (χ3n) is 3.49. The van der Waals surface area contributed by atoms with Gasteiger partial charge in [-0.1, -0.05) is 32.0 Å². The smallest absolute Gasteiger partial charge is 0.127 e. The normalized spacial score (nSPS) is 11.3. The van der Waals surface area contributed by atoms with Crippen molar-refractivity contribution in [2.45, 2.75) is 43.4 Å². The number of thioether (sulfide) groups is 2. The average molecular weight is 360 g/mol. The molecule has 128 valence electrons. The summed E-state index contributed by atoms with van der Waals surface area (Å²) in [6.45, 7) is 6.28. The fourth-order valence-electron chi connectivity index (χ4n) is 2.21. The number of phenols is 1. The van der Waals surface area contributed by atoms with Crippen molar-refractivity contribution in [1.29, 1.82) is 0 Å². The van der Waals surface area contributed by atoms with E-state index in [9.17, 15) is 5.11 Å². The maximum atomic E-state index is 10.2. The van der Waals surface area contributed by atoms with Gasteiger partial charge in [0.25, 0.3) is 0 Å². The van der Waals surface area contributed by atoms with E-state index in [-0.39, 0.29) is 0 Å². The number of phenolic OH excluding ortho intramolecular Hbond substituents is 1. The summed E-state index contributed by atoms with van der Waals surface area (Å²) in [7, 11) is 0. The van der Waals surface area contributed by atoms with Gasteiger partial charge in [0.1, 0.15) is 5.75 Å². The molecule has 2 aromatic carbocycles. The highest BCUT2D eigenvalue weighted by Crippen LogP contribution is 2.39. The van der Waals surface area contributed by atoms with Gasteiger partial charge in [-0.15, -0.1) is 23.5 Å². The number of aliphatic imine (C=N–C) groups is 1. The number of rotatable bonds is 8. The number of para-hydroxylation sites is 2. The first-order chi connectivity index (χ1) is 11.7. The molecule has 0 amide bonds. The Kier molecular flexibility index (Phi) is 7.73. The van der Waals surface area contributed by atoms with E-state index in [1.54, 1.807) is 6.21 Å². The molecule has 2 rings (SSSR count). The number of nitrogens with zero attached hydrogens (tertiary/aromatic N) is 1. The summed E-state index contributed by atoms with van der Waals surface area (Å²) < 4.78 is 0. The molecule has 0 fully saturated rings. The van der Waals surface area contributed by atoms with Crippen molar-refractivity contribution >= 4 is 35.4 Å². The first-order valence-electron chi connectivity index (χ1n) is 8.38. The van der Waals surface area contributed by atoms with Crippen LogP contribution in [0.25, 0.3) is 0 Å². The predicted molar refractivity (Wildman–Crippen MR) is 109 cm³/mol. The fraction of sp³-hybridized carbons (Fsp3) is 0.350. The molecule has 0 saturated carbocycles. The topological polar surface area (TPSA) is 32.6 Å². The minimum Gasteiger partial charge on any atom is -0.507 e. The number of aromatic hydroxyl groups is 1. The van der Waals surface area contributed by atoms with Gasteiger partial charge in [-0.2, -0.15) is 0 Å². The van der Waals surface area contributed by atoms with E-state index in [0.29, 0.717) is 5.75 Å². The Morgan fingerprint density at radius 1 is 0.958 bits per heavy atom. The summed E-state index contributed by atoms with van der Waals surface area (Å²) in [6.07, 6.45) is 4.06. The highest BCUT2D eigenvalue weighted by molar-refractivity contribution is 8.00. The Balaban J connectivity index is 2.37. The standard InChI is InChI=1S/C20H25NOS2/c1-4-12-23-17-10-7-11-18(24-13-5-2)19(17)21-14-16-9-6-8-15(3)20(16)22/h6-11,14,22H,4-5,12-13H2,1-3H3. The molecule has 0 unspecified atom stereocenters. The Hall–Kier alpha value is -1.39. The quantitative estimate of drug-likeness (QED) is 0.434. The van der Waals surface area contributed by atoms with Crippen molar-refractivity contribution in [3.63, 3.8) is 0 Å². The van der Waals surface area contributed by atoms with Gasteiger partial charge in [-0.25, -0.2) is 0 Å². The van der Waals surface area contributed by atoms with E-state index in [4.69, 9.17) is 4.99 Å². The van der Waals surface area contributed by atoms with E-state index in [1.807, 2.05) is 48.6 Å². The molecule has 0 aliphatic heterocycles. The summed E-state index contributed by atoms with van der Waals surface area (Å²) in [5.41, 5.74) is 2.65. The minimum absolute atomic E-state index is 0.308. The second-order valence-corrected chi connectivity index (χ2v) is 7.84. The average Bonchev–Trinajstić information content (AvgIpc) is 2.60. The summed E-state index contributed by atoms with van der Waals surface area (Å²) in [5.74, 6) is 2.47. The third kappa shape index (κ3) is 5.05. The maximum Gasteiger partial charge on any atom is 0.127 e. The lowest BCUT2D eigenvalue weighted by atomic mass is 10.1. The highest BCUT2D eigenvalue weighted by Gasteiger charge is 2.09. The van der Waals surface area contributed by atoms with Crippen LogP contribution in [0.1, 0.15) is 37.8 Å². The lowest BCUT2D eigenvalue weighted by molar-refractivity contribution is 0.470. The number of aryl methyl sites for hydroxylation is 1. The van der Waals surface area contributed by atoms with Gasteiger partial charge in [-0.3, -0.25) is 4.99 Å². The highest BCUT2D eigenvalue weighted by atomic mass is 32.2. The Morgan fingerprint density at radius 2 is 1.54 bits per heavy atom. The Bertz CT molecular complexity index is 672. The van der Waals surface area contributed by atoms with Crippen molar-refractivity contribution in [2.24, 2.45) is 4.99 Å². The lowest BCUT2D eigenvalue weighted by Crippen LogP contribution is -1.87. The van der Waals surface area contributed by atoms with Crippen LogP contribution in [0.3, 0.4) is 0 Å². The van der Waals surface area contributed by atoms with Gasteiger partial charge >= 0.3 is 0 Å². The van der Waals surface area contributed by atoms with Gasteiger partial charge in [0.2, 0.25) is 0 Å². The zero-order valence-corrected chi connectivity index (χ0v) is 16.2. The molecule has 4 heteroatoms. The van der Waals surface area contributed by atoms with Crippen molar-refractivity contribution in [2.75, 3.05) is 11.5 Å². The molecule has 0 radical (unpaired) electrons. The number of hydrogen-bond acceptors (Lipinski definition) is 4.